The van der Waals surface area contributed by atoms with Crippen molar-refractivity contribution < 1.29 is 0 Å². The number of para-hydroxylation sites is 1. The summed E-state index contributed by atoms with van der Waals surface area (Å²) in [5, 5.41) is 0.676. The zero-order chi connectivity index (χ0) is 12.9. The highest BCUT2D eigenvalue weighted by Gasteiger charge is 2.33. The second kappa shape index (κ2) is 3.89. The van der Waals surface area contributed by atoms with Crippen LogP contribution in [0.2, 0.25) is 5.02 Å². The van der Waals surface area contributed by atoms with Crippen LogP contribution in [0.25, 0.3) is 11.0 Å². The topological polar surface area (TPSA) is 43.8 Å². The summed E-state index contributed by atoms with van der Waals surface area (Å²) in [6.45, 7) is 4.63. The summed E-state index contributed by atoms with van der Waals surface area (Å²) in [5.41, 5.74) is 8.36. The second-order valence-electron chi connectivity index (χ2n) is 6.01. The molecule has 0 saturated heterocycles. The molecule has 1 aromatic carbocycles. The molecule has 0 spiro atoms. The molecule has 4 heteroatoms. The van der Waals surface area contributed by atoms with Gasteiger partial charge in [0.2, 0.25) is 5.95 Å². The first-order valence-corrected chi connectivity index (χ1v) is 6.78. The predicted molar refractivity (Wildman–Crippen MR) is 75.8 cm³/mol. The van der Waals surface area contributed by atoms with Gasteiger partial charge in [0.1, 0.15) is 5.52 Å². The van der Waals surface area contributed by atoms with E-state index in [1.54, 1.807) is 0 Å². The largest absolute Gasteiger partial charge is 0.369 e. The molecule has 1 heterocycles. The minimum absolute atomic E-state index is 0.395. The van der Waals surface area contributed by atoms with Gasteiger partial charge in [-0.3, -0.25) is 0 Å². The molecular weight excluding hydrogens is 246 g/mol. The molecule has 1 fully saturated rings. The smallest absolute Gasteiger partial charge is 0.201 e. The van der Waals surface area contributed by atoms with E-state index in [2.05, 4.69) is 29.5 Å². The lowest BCUT2D eigenvalue weighted by molar-refractivity contribution is 0.361. The van der Waals surface area contributed by atoms with Crippen molar-refractivity contribution in [2.24, 2.45) is 5.41 Å². The molecule has 3 rings (SSSR count). The van der Waals surface area contributed by atoms with Gasteiger partial charge in [0.05, 0.1) is 10.5 Å². The Labute approximate surface area is 112 Å². The average Bonchev–Trinajstić information content (AvgIpc) is 2.79. The first kappa shape index (κ1) is 11.8. The maximum absolute atomic E-state index is 6.17. The fraction of sp³-hybridized carbons (Fsp3) is 0.500. The zero-order valence-corrected chi connectivity index (χ0v) is 11.5. The van der Waals surface area contributed by atoms with Crippen LogP contribution in [0, 0.1) is 5.41 Å². The summed E-state index contributed by atoms with van der Waals surface area (Å²) in [4.78, 5) is 4.41. The van der Waals surface area contributed by atoms with Crippen molar-refractivity contribution in [1.82, 2.24) is 9.55 Å². The molecule has 96 valence electrons. The summed E-state index contributed by atoms with van der Waals surface area (Å²) < 4.78 is 2.16. The highest BCUT2D eigenvalue weighted by Crippen LogP contribution is 2.45. The third-order valence-corrected chi connectivity index (χ3v) is 4.31. The predicted octanol–water partition coefficient (Wildman–Crippen LogP) is 4.02. The van der Waals surface area contributed by atoms with Gasteiger partial charge in [0, 0.05) is 6.04 Å². The highest BCUT2D eigenvalue weighted by molar-refractivity contribution is 6.35. The number of hydrogen-bond acceptors (Lipinski definition) is 2. The van der Waals surface area contributed by atoms with Gasteiger partial charge in [-0.2, -0.15) is 0 Å². The highest BCUT2D eigenvalue weighted by atomic mass is 35.5. The van der Waals surface area contributed by atoms with Crippen LogP contribution in [-0.2, 0) is 0 Å². The van der Waals surface area contributed by atoms with Crippen molar-refractivity contribution in [2.75, 3.05) is 5.73 Å². The number of fused-ring (bicyclic) bond motifs is 1. The Morgan fingerprint density at radius 3 is 2.89 bits per heavy atom. The van der Waals surface area contributed by atoms with Gasteiger partial charge in [-0.15, -0.1) is 0 Å². The number of nitrogens with zero attached hydrogens (tertiary/aromatic N) is 2. The molecule has 1 aliphatic carbocycles. The Kier molecular flexibility index (Phi) is 2.56. The number of rotatable bonds is 1. The molecule has 0 radical (unpaired) electrons. The molecule has 2 aromatic rings. The maximum Gasteiger partial charge on any atom is 0.201 e. The van der Waals surface area contributed by atoms with Crippen LogP contribution in [0.15, 0.2) is 18.2 Å². The summed E-state index contributed by atoms with van der Waals surface area (Å²) in [6.07, 6.45) is 3.54. The van der Waals surface area contributed by atoms with Crippen molar-refractivity contribution in [3.63, 3.8) is 0 Å². The Hall–Kier alpha value is -1.22. The van der Waals surface area contributed by atoms with Crippen LogP contribution >= 0.6 is 11.6 Å². The van der Waals surface area contributed by atoms with Crippen molar-refractivity contribution in [2.45, 2.75) is 39.2 Å². The number of hydrogen-bond donors (Lipinski definition) is 1. The number of anilines is 1. The Bertz CT molecular complexity index is 600. The summed E-state index contributed by atoms with van der Waals surface area (Å²) in [5.74, 6) is 0.584. The van der Waals surface area contributed by atoms with Gasteiger partial charge in [-0.05, 0) is 36.8 Å². The minimum atomic E-state index is 0.395. The van der Waals surface area contributed by atoms with Crippen molar-refractivity contribution in [3.8, 4) is 0 Å². The first-order valence-electron chi connectivity index (χ1n) is 6.40. The van der Waals surface area contributed by atoms with Gasteiger partial charge in [-0.1, -0.05) is 31.5 Å². The quantitative estimate of drug-likeness (QED) is 0.844. The van der Waals surface area contributed by atoms with E-state index in [1.165, 1.54) is 6.42 Å². The van der Waals surface area contributed by atoms with Crippen molar-refractivity contribution in [3.05, 3.63) is 23.2 Å². The van der Waals surface area contributed by atoms with Gasteiger partial charge in [-0.25, -0.2) is 4.98 Å². The van der Waals surface area contributed by atoms with Crippen LogP contribution in [0.1, 0.15) is 39.2 Å². The molecule has 0 amide bonds. The molecule has 3 nitrogen and oxygen atoms in total. The van der Waals surface area contributed by atoms with Gasteiger partial charge in [0.25, 0.3) is 0 Å². The number of nitrogen functional groups attached to an aromatic ring is 1. The van der Waals surface area contributed by atoms with Gasteiger partial charge >= 0.3 is 0 Å². The lowest BCUT2D eigenvalue weighted by Crippen LogP contribution is -2.11. The molecule has 1 aromatic heterocycles. The van der Waals surface area contributed by atoms with E-state index in [0.29, 0.717) is 22.4 Å². The lowest BCUT2D eigenvalue weighted by Gasteiger charge is -2.19. The van der Waals surface area contributed by atoms with E-state index in [0.717, 1.165) is 23.9 Å². The molecular formula is C14H18ClN3. The Balaban J connectivity index is 2.12. The third kappa shape index (κ3) is 1.77. The number of aromatic nitrogens is 2. The zero-order valence-electron chi connectivity index (χ0n) is 10.8. The number of halogens is 1. The van der Waals surface area contributed by atoms with Crippen LogP contribution < -0.4 is 5.73 Å². The lowest BCUT2D eigenvalue weighted by atomic mass is 9.92. The molecule has 1 unspecified atom stereocenters. The van der Waals surface area contributed by atoms with E-state index < -0.39 is 0 Å². The first-order chi connectivity index (χ1) is 8.48. The number of imidazole rings is 1. The van der Waals surface area contributed by atoms with E-state index in [-0.39, 0.29) is 0 Å². The summed E-state index contributed by atoms with van der Waals surface area (Å²) in [7, 11) is 0. The molecule has 0 bridgehead atoms. The normalized spacial score (nSPS) is 22.7. The SMILES string of the molecule is CC1(C)CCC(n2c(N)nc3c(Cl)cccc32)C1. The van der Waals surface area contributed by atoms with E-state index in [9.17, 15) is 0 Å². The summed E-state index contributed by atoms with van der Waals surface area (Å²) >= 11 is 6.17. The van der Waals surface area contributed by atoms with Crippen LogP contribution in [0.4, 0.5) is 5.95 Å². The van der Waals surface area contributed by atoms with Crippen LogP contribution in [0.3, 0.4) is 0 Å². The van der Waals surface area contributed by atoms with E-state index in [4.69, 9.17) is 17.3 Å². The van der Waals surface area contributed by atoms with Crippen molar-refractivity contribution in [1.29, 1.82) is 0 Å². The average molecular weight is 264 g/mol. The fourth-order valence-corrected chi connectivity index (χ4v) is 3.32. The van der Waals surface area contributed by atoms with Crippen molar-refractivity contribution >= 4 is 28.6 Å². The van der Waals surface area contributed by atoms with E-state index in [1.807, 2.05) is 12.1 Å². The number of nitrogens with two attached hydrogens (primary N) is 1. The van der Waals surface area contributed by atoms with E-state index >= 15 is 0 Å². The maximum atomic E-state index is 6.17. The summed E-state index contributed by atoms with van der Waals surface area (Å²) in [6, 6.07) is 6.32. The molecule has 0 aliphatic heterocycles. The minimum Gasteiger partial charge on any atom is -0.369 e. The molecule has 1 atom stereocenters. The second-order valence-corrected chi connectivity index (χ2v) is 6.42. The monoisotopic (exact) mass is 263 g/mol. The standard InChI is InChI=1S/C14H18ClN3/c1-14(2)7-6-9(8-14)18-11-5-3-4-10(15)12(11)17-13(18)16/h3-5,9H,6-8H2,1-2H3,(H2,16,17). The van der Waals surface area contributed by atoms with Gasteiger partial charge < -0.3 is 10.3 Å². The Morgan fingerprint density at radius 1 is 1.44 bits per heavy atom. The Morgan fingerprint density at radius 2 is 2.22 bits per heavy atom. The van der Waals surface area contributed by atoms with Gasteiger partial charge in [0.15, 0.2) is 0 Å². The van der Waals surface area contributed by atoms with Crippen LogP contribution in [0.5, 0.6) is 0 Å². The number of benzene rings is 1. The molecule has 1 aliphatic rings. The molecule has 18 heavy (non-hydrogen) atoms. The molecule has 1 saturated carbocycles. The third-order valence-electron chi connectivity index (χ3n) is 4.01. The molecule has 2 N–H and O–H groups in total. The van der Waals surface area contributed by atoms with Crippen LogP contribution in [-0.4, -0.2) is 9.55 Å². The fourth-order valence-electron chi connectivity index (χ4n) is 3.10.